The molecule has 0 aliphatic heterocycles. The third kappa shape index (κ3) is 1.03. The van der Waals surface area contributed by atoms with Gasteiger partial charge in [0.1, 0.15) is 0 Å². The van der Waals surface area contributed by atoms with E-state index in [2.05, 4.69) is 11.1 Å². The van der Waals surface area contributed by atoms with E-state index in [1.54, 1.807) is 13.0 Å². The molecular formula is C6H5FN. The van der Waals surface area contributed by atoms with Gasteiger partial charge in [-0.1, -0.05) is 0 Å². The summed E-state index contributed by atoms with van der Waals surface area (Å²) in [6, 6.07) is 4.09. The Labute approximate surface area is 47.2 Å². The fourth-order valence-electron chi connectivity index (χ4n) is 0.451. The number of halogens is 1. The Balaban J connectivity index is 3.08. The standard InChI is InChI=1S/C6H5FN/c1-5-2-3-8-6(7)4-5/h2-3H,1H3. The third-order valence-corrected chi connectivity index (χ3v) is 0.813. The number of rotatable bonds is 0. The van der Waals surface area contributed by atoms with Crippen molar-refractivity contribution < 1.29 is 4.39 Å². The Bertz CT molecular complexity index is 168. The molecule has 0 aliphatic rings. The molecule has 0 bridgehead atoms. The van der Waals surface area contributed by atoms with Gasteiger partial charge in [-0.25, -0.2) is 4.98 Å². The van der Waals surface area contributed by atoms with Crippen molar-refractivity contribution in [3.63, 3.8) is 0 Å². The van der Waals surface area contributed by atoms with Gasteiger partial charge in [-0.3, -0.25) is 0 Å². The van der Waals surface area contributed by atoms with Gasteiger partial charge in [-0.2, -0.15) is 4.39 Å². The van der Waals surface area contributed by atoms with E-state index in [-0.39, 0.29) is 0 Å². The van der Waals surface area contributed by atoms with E-state index in [9.17, 15) is 4.39 Å². The normalized spacial score (nSPS) is 9.25. The van der Waals surface area contributed by atoms with Gasteiger partial charge < -0.3 is 0 Å². The predicted molar refractivity (Wildman–Crippen MR) is 27.8 cm³/mol. The lowest BCUT2D eigenvalue weighted by molar-refractivity contribution is 0.580. The van der Waals surface area contributed by atoms with E-state index in [4.69, 9.17) is 0 Å². The second kappa shape index (κ2) is 1.90. The van der Waals surface area contributed by atoms with E-state index in [0.29, 0.717) is 0 Å². The summed E-state index contributed by atoms with van der Waals surface area (Å²) >= 11 is 0. The minimum atomic E-state index is -0.537. The smallest absolute Gasteiger partial charge is 0.221 e. The monoisotopic (exact) mass is 110 g/mol. The maximum Gasteiger partial charge on any atom is 0.221 e. The summed E-state index contributed by atoms with van der Waals surface area (Å²) in [4.78, 5) is 3.32. The lowest BCUT2D eigenvalue weighted by atomic mass is 10.3. The Morgan fingerprint density at radius 3 is 2.88 bits per heavy atom. The summed E-state index contributed by atoms with van der Waals surface area (Å²) in [6.45, 7) is 1.77. The second-order valence-corrected chi connectivity index (χ2v) is 1.54. The SMILES string of the molecule is Cc1[c]c(F)ncc1. The lowest BCUT2D eigenvalue weighted by Crippen LogP contribution is -1.80. The molecule has 0 saturated carbocycles. The molecule has 0 aliphatic carbocycles. The Morgan fingerprint density at radius 2 is 2.50 bits per heavy atom. The van der Waals surface area contributed by atoms with E-state index in [0.717, 1.165) is 5.56 Å². The first-order valence-corrected chi connectivity index (χ1v) is 2.29. The van der Waals surface area contributed by atoms with Crippen LogP contribution in [0.2, 0.25) is 0 Å². The van der Waals surface area contributed by atoms with Crippen molar-refractivity contribution in [1.82, 2.24) is 4.98 Å². The Hall–Kier alpha value is -0.920. The fraction of sp³-hybridized carbons (Fsp3) is 0.167. The predicted octanol–water partition coefficient (Wildman–Crippen LogP) is 1.33. The number of hydrogen-bond acceptors (Lipinski definition) is 1. The van der Waals surface area contributed by atoms with E-state index in [1.807, 2.05) is 0 Å². The minimum Gasteiger partial charge on any atom is -0.228 e. The number of nitrogens with zero attached hydrogens (tertiary/aromatic N) is 1. The van der Waals surface area contributed by atoms with Gasteiger partial charge in [-0.05, 0) is 18.6 Å². The molecule has 0 spiro atoms. The van der Waals surface area contributed by atoms with E-state index >= 15 is 0 Å². The first-order chi connectivity index (χ1) is 3.79. The average molecular weight is 110 g/mol. The highest BCUT2D eigenvalue weighted by Crippen LogP contribution is 1.94. The molecule has 0 N–H and O–H groups in total. The van der Waals surface area contributed by atoms with Crippen LogP contribution in [0.1, 0.15) is 5.56 Å². The number of aromatic nitrogens is 1. The van der Waals surface area contributed by atoms with Gasteiger partial charge in [-0.15, -0.1) is 0 Å². The van der Waals surface area contributed by atoms with Crippen molar-refractivity contribution in [2.75, 3.05) is 0 Å². The highest BCUT2D eigenvalue weighted by Gasteiger charge is 1.87. The average Bonchev–Trinajstić information content (AvgIpc) is 1.64. The van der Waals surface area contributed by atoms with E-state index < -0.39 is 5.95 Å². The first kappa shape index (κ1) is 5.22. The molecule has 0 atom stereocenters. The lowest BCUT2D eigenvalue weighted by Gasteiger charge is -1.85. The van der Waals surface area contributed by atoms with Crippen molar-refractivity contribution in [2.24, 2.45) is 0 Å². The van der Waals surface area contributed by atoms with Gasteiger partial charge in [0.25, 0.3) is 0 Å². The van der Waals surface area contributed by atoms with Crippen LogP contribution in [-0.4, -0.2) is 4.98 Å². The molecule has 1 heterocycles. The van der Waals surface area contributed by atoms with E-state index in [1.165, 1.54) is 6.20 Å². The summed E-state index contributed by atoms with van der Waals surface area (Å²) in [5, 5.41) is 0. The summed E-state index contributed by atoms with van der Waals surface area (Å²) in [7, 11) is 0. The van der Waals surface area contributed by atoms with Crippen LogP contribution in [-0.2, 0) is 0 Å². The quantitative estimate of drug-likeness (QED) is 0.459. The van der Waals surface area contributed by atoms with Gasteiger partial charge in [0.05, 0.1) is 0 Å². The van der Waals surface area contributed by atoms with Crippen molar-refractivity contribution in [3.05, 3.63) is 29.8 Å². The second-order valence-electron chi connectivity index (χ2n) is 1.54. The molecule has 0 aromatic carbocycles. The minimum absolute atomic E-state index is 0.537. The molecule has 1 rings (SSSR count). The molecule has 0 amide bonds. The third-order valence-electron chi connectivity index (χ3n) is 0.813. The molecule has 1 radical (unpaired) electrons. The molecule has 1 aromatic heterocycles. The molecule has 0 saturated heterocycles. The molecule has 0 unspecified atom stereocenters. The van der Waals surface area contributed by atoms with Crippen LogP contribution in [0.4, 0.5) is 4.39 Å². The molecular weight excluding hydrogens is 105 g/mol. The summed E-state index contributed by atoms with van der Waals surface area (Å²) in [5.41, 5.74) is 0.775. The van der Waals surface area contributed by atoms with Crippen molar-refractivity contribution in [2.45, 2.75) is 6.92 Å². The molecule has 1 nitrogen and oxygen atoms in total. The summed E-state index contributed by atoms with van der Waals surface area (Å²) < 4.78 is 12.0. The van der Waals surface area contributed by atoms with Crippen molar-refractivity contribution >= 4 is 0 Å². The Morgan fingerprint density at radius 1 is 1.75 bits per heavy atom. The molecule has 8 heavy (non-hydrogen) atoms. The first-order valence-electron chi connectivity index (χ1n) is 2.29. The van der Waals surface area contributed by atoms with Gasteiger partial charge >= 0.3 is 0 Å². The largest absolute Gasteiger partial charge is 0.228 e. The topological polar surface area (TPSA) is 12.9 Å². The molecule has 2 heteroatoms. The summed E-state index contributed by atoms with van der Waals surface area (Å²) in [5.74, 6) is -0.537. The van der Waals surface area contributed by atoms with Crippen LogP contribution in [0.5, 0.6) is 0 Å². The summed E-state index contributed by atoms with van der Waals surface area (Å²) in [6.07, 6.45) is 1.42. The van der Waals surface area contributed by atoms with Crippen LogP contribution in [0.15, 0.2) is 12.3 Å². The van der Waals surface area contributed by atoms with Crippen LogP contribution < -0.4 is 0 Å². The molecule has 0 fully saturated rings. The van der Waals surface area contributed by atoms with Gasteiger partial charge in [0.2, 0.25) is 5.95 Å². The van der Waals surface area contributed by atoms with Crippen molar-refractivity contribution in [1.29, 1.82) is 0 Å². The molecule has 41 valence electrons. The Kier molecular flexibility index (Phi) is 1.24. The number of pyridine rings is 1. The zero-order chi connectivity index (χ0) is 5.98. The number of aryl methyl sites for hydroxylation is 1. The zero-order valence-electron chi connectivity index (χ0n) is 4.48. The maximum absolute atomic E-state index is 12.0. The van der Waals surface area contributed by atoms with Crippen molar-refractivity contribution in [3.8, 4) is 0 Å². The van der Waals surface area contributed by atoms with Crippen LogP contribution in [0.3, 0.4) is 0 Å². The highest BCUT2D eigenvalue weighted by atomic mass is 19.1. The maximum atomic E-state index is 12.0. The fourth-order valence-corrected chi connectivity index (χ4v) is 0.451. The highest BCUT2D eigenvalue weighted by molar-refractivity contribution is 5.05. The van der Waals surface area contributed by atoms with Crippen LogP contribution in [0.25, 0.3) is 0 Å². The van der Waals surface area contributed by atoms with Crippen LogP contribution in [0, 0.1) is 18.9 Å². The number of hydrogen-bond donors (Lipinski definition) is 0. The molecule has 1 aromatic rings. The van der Waals surface area contributed by atoms with Gasteiger partial charge in [0.15, 0.2) is 0 Å². The van der Waals surface area contributed by atoms with Gasteiger partial charge in [0, 0.05) is 12.3 Å². The zero-order valence-corrected chi connectivity index (χ0v) is 4.48. The van der Waals surface area contributed by atoms with Crippen LogP contribution >= 0.6 is 0 Å².